The molecule has 0 aliphatic heterocycles. The average molecular weight is 290 g/mol. The zero-order chi connectivity index (χ0) is 12.1. The summed E-state index contributed by atoms with van der Waals surface area (Å²) in [7, 11) is 0. The summed E-state index contributed by atoms with van der Waals surface area (Å²) in [6.45, 7) is 1.98. The first-order valence-corrected chi connectivity index (χ1v) is 6.10. The van der Waals surface area contributed by atoms with E-state index in [9.17, 15) is 0 Å². The van der Waals surface area contributed by atoms with Gasteiger partial charge in [-0.2, -0.15) is 0 Å². The lowest BCUT2D eigenvalue weighted by Gasteiger charge is -2.08. The van der Waals surface area contributed by atoms with Crippen LogP contribution in [0.3, 0.4) is 0 Å². The Morgan fingerprint density at radius 1 is 1.18 bits per heavy atom. The first-order valence-electron chi connectivity index (χ1n) is 5.31. The molecule has 17 heavy (non-hydrogen) atoms. The molecule has 1 aromatic heterocycles. The van der Waals surface area contributed by atoms with E-state index >= 15 is 0 Å². The third-order valence-corrected chi connectivity index (χ3v) is 2.80. The van der Waals surface area contributed by atoms with Gasteiger partial charge in [-0.25, -0.2) is 4.98 Å². The molecule has 0 radical (unpaired) electrons. The second kappa shape index (κ2) is 5.64. The van der Waals surface area contributed by atoms with Crippen molar-refractivity contribution in [2.75, 3.05) is 0 Å². The van der Waals surface area contributed by atoms with Gasteiger partial charge in [0.25, 0.3) is 0 Å². The van der Waals surface area contributed by atoms with E-state index in [1.807, 2.05) is 55.5 Å². The van der Waals surface area contributed by atoms with Crippen molar-refractivity contribution in [3.63, 3.8) is 0 Å². The molecule has 3 heteroatoms. The van der Waals surface area contributed by atoms with E-state index in [0.29, 0.717) is 5.88 Å². The summed E-state index contributed by atoms with van der Waals surface area (Å²) >= 11 is 3.41. The van der Waals surface area contributed by atoms with Crippen LogP contribution < -0.4 is 4.74 Å². The number of rotatable bonds is 3. The van der Waals surface area contributed by atoms with Crippen LogP contribution in [0.5, 0.6) is 11.6 Å². The van der Waals surface area contributed by atoms with Crippen LogP contribution in [0.1, 0.15) is 12.5 Å². The fourth-order valence-corrected chi connectivity index (χ4v) is 1.78. The van der Waals surface area contributed by atoms with Crippen LogP contribution in [0.15, 0.2) is 53.1 Å². The Balaban J connectivity index is 2.33. The predicted molar refractivity (Wildman–Crippen MR) is 73.2 cm³/mol. The van der Waals surface area contributed by atoms with E-state index in [4.69, 9.17) is 4.74 Å². The summed E-state index contributed by atoms with van der Waals surface area (Å²) in [4.78, 5) is 4.18. The number of ether oxygens (including phenoxy) is 1. The van der Waals surface area contributed by atoms with Crippen molar-refractivity contribution in [1.82, 2.24) is 4.98 Å². The second-order valence-corrected chi connectivity index (χ2v) is 4.28. The number of halogens is 1. The van der Waals surface area contributed by atoms with Crippen LogP contribution in [-0.4, -0.2) is 4.98 Å². The van der Waals surface area contributed by atoms with Crippen LogP contribution in [0, 0.1) is 0 Å². The second-order valence-electron chi connectivity index (χ2n) is 3.43. The Kier molecular flexibility index (Phi) is 3.94. The summed E-state index contributed by atoms with van der Waals surface area (Å²) in [6.07, 6.45) is 5.69. The van der Waals surface area contributed by atoms with Gasteiger partial charge in [-0.1, -0.05) is 30.4 Å². The lowest BCUT2D eigenvalue weighted by atomic mass is 10.2. The molecule has 0 N–H and O–H groups in total. The number of aromatic nitrogens is 1. The molecule has 0 saturated carbocycles. The van der Waals surface area contributed by atoms with E-state index in [0.717, 1.165) is 15.8 Å². The Morgan fingerprint density at radius 3 is 2.76 bits per heavy atom. The average Bonchev–Trinajstić information content (AvgIpc) is 2.35. The highest BCUT2D eigenvalue weighted by Crippen LogP contribution is 2.29. The predicted octanol–water partition coefficient (Wildman–Crippen LogP) is 4.67. The minimum atomic E-state index is 0.574. The van der Waals surface area contributed by atoms with Crippen molar-refractivity contribution in [3.05, 3.63) is 58.7 Å². The Hall–Kier alpha value is -1.61. The molecule has 0 amide bonds. The molecule has 0 bridgehead atoms. The molecule has 2 rings (SSSR count). The van der Waals surface area contributed by atoms with Crippen molar-refractivity contribution in [2.24, 2.45) is 0 Å². The summed E-state index contributed by atoms with van der Waals surface area (Å²) in [5, 5.41) is 0. The first kappa shape index (κ1) is 11.9. The molecule has 1 heterocycles. The van der Waals surface area contributed by atoms with Gasteiger partial charge in [0.05, 0.1) is 4.47 Å². The zero-order valence-electron chi connectivity index (χ0n) is 9.43. The van der Waals surface area contributed by atoms with Crippen molar-refractivity contribution in [2.45, 2.75) is 6.92 Å². The van der Waals surface area contributed by atoms with Crippen LogP contribution in [0.25, 0.3) is 6.08 Å². The first-order chi connectivity index (χ1) is 8.31. The molecule has 86 valence electrons. The molecule has 2 aromatic rings. The molecule has 0 spiro atoms. The van der Waals surface area contributed by atoms with E-state index in [1.54, 1.807) is 6.20 Å². The summed E-state index contributed by atoms with van der Waals surface area (Å²) < 4.78 is 6.63. The molecular weight excluding hydrogens is 278 g/mol. The molecule has 0 atom stereocenters. The van der Waals surface area contributed by atoms with Gasteiger partial charge in [0.1, 0.15) is 5.75 Å². The van der Waals surface area contributed by atoms with Crippen molar-refractivity contribution in [1.29, 1.82) is 0 Å². The van der Waals surface area contributed by atoms with Gasteiger partial charge in [0, 0.05) is 11.8 Å². The van der Waals surface area contributed by atoms with E-state index in [1.165, 1.54) is 0 Å². The van der Waals surface area contributed by atoms with Gasteiger partial charge in [-0.05, 0) is 41.1 Å². The molecule has 1 aromatic carbocycles. The van der Waals surface area contributed by atoms with E-state index in [-0.39, 0.29) is 0 Å². The Morgan fingerprint density at radius 2 is 2.00 bits per heavy atom. The third-order valence-electron chi connectivity index (χ3n) is 2.20. The molecule has 0 fully saturated rings. The molecule has 0 aliphatic rings. The minimum Gasteiger partial charge on any atom is -0.437 e. The topological polar surface area (TPSA) is 22.1 Å². The van der Waals surface area contributed by atoms with Gasteiger partial charge >= 0.3 is 0 Å². The van der Waals surface area contributed by atoms with Crippen LogP contribution >= 0.6 is 15.9 Å². The number of para-hydroxylation sites is 1. The highest BCUT2D eigenvalue weighted by Gasteiger charge is 2.05. The minimum absolute atomic E-state index is 0.574. The number of nitrogens with zero attached hydrogens (tertiary/aromatic N) is 1. The normalized spacial score (nSPS) is 10.7. The summed E-state index contributed by atoms with van der Waals surface area (Å²) in [5.74, 6) is 1.37. The Labute approximate surface area is 109 Å². The molecule has 0 unspecified atom stereocenters. The SMILES string of the molecule is C/C=C/c1ccccc1Oc1ncccc1Br. The maximum Gasteiger partial charge on any atom is 0.233 e. The summed E-state index contributed by atoms with van der Waals surface area (Å²) in [5.41, 5.74) is 1.03. The number of benzene rings is 1. The van der Waals surface area contributed by atoms with Crippen LogP contribution in [0.4, 0.5) is 0 Å². The zero-order valence-corrected chi connectivity index (χ0v) is 11.0. The van der Waals surface area contributed by atoms with Gasteiger partial charge in [-0.15, -0.1) is 0 Å². The lowest BCUT2D eigenvalue weighted by molar-refractivity contribution is 0.458. The lowest BCUT2D eigenvalue weighted by Crippen LogP contribution is -1.90. The van der Waals surface area contributed by atoms with Gasteiger partial charge in [0.2, 0.25) is 5.88 Å². The van der Waals surface area contributed by atoms with E-state index < -0.39 is 0 Å². The van der Waals surface area contributed by atoms with Gasteiger partial charge in [0.15, 0.2) is 0 Å². The number of hydrogen-bond donors (Lipinski definition) is 0. The van der Waals surface area contributed by atoms with Crippen molar-refractivity contribution < 1.29 is 4.74 Å². The smallest absolute Gasteiger partial charge is 0.233 e. The number of hydrogen-bond acceptors (Lipinski definition) is 2. The van der Waals surface area contributed by atoms with E-state index in [2.05, 4.69) is 20.9 Å². The molecule has 0 saturated heterocycles. The number of allylic oxidation sites excluding steroid dienone is 1. The fourth-order valence-electron chi connectivity index (χ4n) is 1.44. The van der Waals surface area contributed by atoms with Crippen molar-refractivity contribution >= 4 is 22.0 Å². The molecular formula is C14H12BrNO. The van der Waals surface area contributed by atoms with Crippen LogP contribution in [0.2, 0.25) is 0 Å². The third kappa shape index (κ3) is 2.94. The largest absolute Gasteiger partial charge is 0.437 e. The van der Waals surface area contributed by atoms with Crippen molar-refractivity contribution in [3.8, 4) is 11.6 Å². The number of pyridine rings is 1. The monoisotopic (exact) mass is 289 g/mol. The van der Waals surface area contributed by atoms with Crippen LogP contribution in [-0.2, 0) is 0 Å². The maximum atomic E-state index is 5.78. The van der Waals surface area contributed by atoms with Gasteiger partial charge in [-0.3, -0.25) is 0 Å². The highest BCUT2D eigenvalue weighted by atomic mass is 79.9. The van der Waals surface area contributed by atoms with Gasteiger partial charge < -0.3 is 4.74 Å². The molecule has 0 aliphatic carbocycles. The standard InChI is InChI=1S/C14H12BrNO/c1-2-6-11-7-3-4-9-13(11)17-14-12(15)8-5-10-16-14/h2-10H,1H3/b6-2+. The summed E-state index contributed by atoms with van der Waals surface area (Å²) in [6, 6.07) is 11.6. The maximum absolute atomic E-state index is 5.78. The Bertz CT molecular complexity index is 537. The molecule has 2 nitrogen and oxygen atoms in total. The quantitative estimate of drug-likeness (QED) is 0.819. The highest BCUT2D eigenvalue weighted by molar-refractivity contribution is 9.10. The fraction of sp³-hybridized carbons (Fsp3) is 0.0714.